The predicted molar refractivity (Wildman–Crippen MR) is 184 cm³/mol. The summed E-state index contributed by atoms with van der Waals surface area (Å²) in [5.41, 5.74) is 3.29. The highest BCUT2D eigenvalue weighted by Crippen LogP contribution is 2.45. The molecule has 0 N–H and O–H groups in total. The lowest BCUT2D eigenvalue weighted by Crippen LogP contribution is -2.25. The van der Waals surface area contributed by atoms with E-state index in [0.29, 0.717) is 51.0 Å². The molecule has 8 heteroatoms. The summed E-state index contributed by atoms with van der Waals surface area (Å²) in [7, 11) is 0. The van der Waals surface area contributed by atoms with Gasteiger partial charge in [0.05, 0.1) is 19.8 Å². The van der Waals surface area contributed by atoms with E-state index in [0.717, 1.165) is 47.5 Å². The number of aryl methyl sites for hydroxylation is 2. The number of nitroso groups, excluding NO2 is 1. The molecule has 2 aliphatic rings. The standard InChI is InChI=1S/C39H57F2NO5/c1-4-5-6-11-30-15-17-31(18-16-30)32-19-21-33(22-20-32)36-26-34(12-7-8-14-37(43)28(2)40)38(46-25-10-23-42-45)35(27-36)13-9-24-47-39(44)29(3)41/h26-27,30-33H,2-25H2,1H3. The van der Waals surface area contributed by atoms with E-state index in [-0.39, 0.29) is 19.6 Å². The molecule has 3 rings (SSSR count). The molecule has 0 radical (unpaired) electrons. The minimum absolute atomic E-state index is 0.0526. The molecule has 6 nitrogen and oxygen atoms in total. The Bertz CT molecular complexity index is 1110. The minimum Gasteiger partial charge on any atom is -0.493 e. The first-order valence-corrected chi connectivity index (χ1v) is 18.2. The lowest BCUT2D eigenvalue weighted by atomic mass is 9.67. The summed E-state index contributed by atoms with van der Waals surface area (Å²) < 4.78 is 37.6. The molecule has 0 aliphatic heterocycles. The number of ketones is 1. The molecule has 1 aromatic carbocycles. The van der Waals surface area contributed by atoms with Crippen LogP contribution in [0.2, 0.25) is 0 Å². The van der Waals surface area contributed by atoms with E-state index >= 15 is 0 Å². The fraction of sp³-hybridized carbons (Fsp3) is 0.692. The third kappa shape index (κ3) is 13.3. The Morgan fingerprint density at radius 2 is 1.45 bits per heavy atom. The topological polar surface area (TPSA) is 82.0 Å². The summed E-state index contributed by atoms with van der Waals surface area (Å²) in [4.78, 5) is 34.0. The monoisotopic (exact) mass is 657 g/mol. The zero-order valence-electron chi connectivity index (χ0n) is 28.7. The average molecular weight is 658 g/mol. The highest BCUT2D eigenvalue weighted by Gasteiger charge is 2.31. The highest BCUT2D eigenvalue weighted by molar-refractivity contribution is 5.92. The molecule has 0 unspecified atom stereocenters. The average Bonchev–Trinajstić information content (AvgIpc) is 3.07. The zero-order chi connectivity index (χ0) is 34.0. The molecule has 0 aromatic heterocycles. The number of halogens is 2. The number of esters is 1. The van der Waals surface area contributed by atoms with Gasteiger partial charge in [-0.05, 0) is 111 Å². The van der Waals surface area contributed by atoms with Crippen LogP contribution in [0.25, 0.3) is 0 Å². The van der Waals surface area contributed by atoms with Crippen molar-refractivity contribution in [3.05, 3.63) is 58.5 Å². The molecule has 2 fully saturated rings. The summed E-state index contributed by atoms with van der Waals surface area (Å²) in [6.07, 6.45) is 19.3. The van der Waals surface area contributed by atoms with Crippen LogP contribution in [0, 0.1) is 22.7 Å². The van der Waals surface area contributed by atoms with E-state index in [9.17, 15) is 23.3 Å². The fourth-order valence-corrected chi connectivity index (χ4v) is 7.67. The van der Waals surface area contributed by atoms with Crippen molar-refractivity contribution in [2.24, 2.45) is 22.9 Å². The van der Waals surface area contributed by atoms with Gasteiger partial charge in [-0.1, -0.05) is 75.9 Å². The Kier molecular flexibility index (Phi) is 17.3. The Hall–Kier alpha value is -2.90. The lowest BCUT2D eigenvalue weighted by molar-refractivity contribution is -0.140. The quantitative estimate of drug-likeness (QED) is 0.0536. The lowest BCUT2D eigenvalue weighted by Gasteiger charge is -2.38. The fourth-order valence-electron chi connectivity index (χ4n) is 7.67. The highest BCUT2D eigenvalue weighted by atomic mass is 19.1. The molecule has 0 heterocycles. The van der Waals surface area contributed by atoms with E-state index in [1.165, 1.54) is 69.8 Å². The van der Waals surface area contributed by atoms with Crippen LogP contribution in [0.1, 0.15) is 139 Å². The number of hydrogen-bond donors (Lipinski definition) is 0. The number of rotatable bonds is 22. The second kappa shape index (κ2) is 21.1. The number of Topliss-reactive ketones (excluding diaryl/α,β-unsaturated/α-hetero) is 1. The molecule has 0 saturated heterocycles. The van der Waals surface area contributed by atoms with E-state index in [2.05, 4.69) is 37.4 Å². The Morgan fingerprint density at radius 3 is 2.04 bits per heavy atom. The first-order chi connectivity index (χ1) is 22.7. The Morgan fingerprint density at radius 1 is 0.809 bits per heavy atom. The second-order valence-corrected chi connectivity index (χ2v) is 13.8. The van der Waals surface area contributed by atoms with Gasteiger partial charge in [-0.2, -0.15) is 9.30 Å². The smallest absolute Gasteiger partial charge is 0.366 e. The molecular weight excluding hydrogens is 600 g/mol. The van der Waals surface area contributed by atoms with Gasteiger partial charge in [0.15, 0.2) is 11.6 Å². The molecule has 1 aromatic rings. The second-order valence-electron chi connectivity index (χ2n) is 13.8. The molecule has 47 heavy (non-hydrogen) atoms. The normalized spacial score (nSPS) is 21.2. The maximum Gasteiger partial charge on any atom is 0.366 e. The summed E-state index contributed by atoms with van der Waals surface area (Å²) in [6, 6.07) is 4.46. The van der Waals surface area contributed by atoms with Crippen molar-refractivity contribution < 1.29 is 27.8 Å². The molecule has 2 saturated carbocycles. The maximum absolute atomic E-state index is 13.2. The number of nitrogens with zero attached hydrogens (tertiary/aromatic N) is 1. The Labute approximate surface area is 281 Å². The molecule has 0 atom stereocenters. The maximum atomic E-state index is 13.2. The number of allylic oxidation sites excluding steroid dienone is 1. The van der Waals surface area contributed by atoms with Gasteiger partial charge >= 0.3 is 5.97 Å². The largest absolute Gasteiger partial charge is 0.493 e. The number of unbranched alkanes of at least 4 members (excludes halogenated alkanes) is 3. The number of benzene rings is 1. The molecule has 0 spiro atoms. The van der Waals surface area contributed by atoms with Crippen LogP contribution in [0.3, 0.4) is 0 Å². The van der Waals surface area contributed by atoms with Crippen molar-refractivity contribution in [2.75, 3.05) is 19.8 Å². The van der Waals surface area contributed by atoms with Crippen LogP contribution in [0.15, 0.2) is 42.1 Å². The third-order valence-electron chi connectivity index (χ3n) is 10.4. The van der Waals surface area contributed by atoms with Crippen LogP contribution in [0.4, 0.5) is 8.78 Å². The molecule has 0 bridgehead atoms. The molecule has 2 aliphatic carbocycles. The Balaban J connectivity index is 1.72. The van der Waals surface area contributed by atoms with Crippen LogP contribution in [-0.4, -0.2) is 31.5 Å². The summed E-state index contributed by atoms with van der Waals surface area (Å²) in [5, 5.41) is 2.94. The van der Waals surface area contributed by atoms with Crippen molar-refractivity contribution in [1.82, 2.24) is 0 Å². The van der Waals surface area contributed by atoms with Gasteiger partial charge in [-0.3, -0.25) is 4.79 Å². The van der Waals surface area contributed by atoms with Crippen molar-refractivity contribution in [2.45, 2.75) is 135 Å². The summed E-state index contributed by atoms with van der Waals surface area (Å²) in [6.45, 7) is 8.93. The van der Waals surface area contributed by atoms with Crippen LogP contribution in [-0.2, 0) is 27.2 Å². The number of carbonyl (C=O) groups is 2. The third-order valence-corrected chi connectivity index (χ3v) is 10.4. The van der Waals surface area contributed by atoms with Crippen LogP contribution >= 0.6 is 0 Å². The van der Waals surface area contributed by atoms with E-state index < -0.39 is 23.4 Å². The first-order valence-electron chi connectivity index (χ1n) is 18.2. The van der Waals surface area contributed by atoms with Crippen LogP contribution in [0.5, 0.6) is 5.75 Å². The minimum atomic E-state index is -1.12. The van der Waals surface area contributed by atoms with Gasteiger partial charge in [0.25, 0.3) is 0 Å². The zero-order valence-corrected chi connectivity index (χ0v) is 28.7. The van der Waals surface area contributed by atoms with Crippen molar-refractivity contribution in [1.29, 1.82) is 0 Å². The van der Waals surface area contributed by atoms with Gasteiger partial charge < -0.3 is 9.47 Å². The van der Waals surface area contributed by atoms with Gasteiger partial charge in [-0.15, -0.1) is 0 Å². The summed E-state index contributed by atoms with van der Waals surface area (Å²) >= 11 is 0. The van der Waals surface area contributed by atoms with Crippen LogP contribution < -0.4 is 4.74 Å². The molecule has 0 amide bonds. The molecule has 262 valence electrons. The van der Waals surface area contributed by atoms with Crippen molar-refractivity contribution in [3.8, 4) is 5.75 Å². The summed E-state index contributed by atoms with van der Waals surface area (Å²) in [5.74, 6) is 0.120. The number of carbonyl (C=O) groups excluding carboxylic acids is 2. The van der Waals surface area contributed by atoms with Crippen molar-refractivity contribution in [3.63, 3.8) is 0 Å². The van der Waals surface area contributed by atoms with Gasteiger partial charge in [0.2, 0.25) is 5.83 Å². The number of ether oxygens (including phenoxy) is 2. The van der Waals surface area contributed by atoms with Gasteiger partial charge in [-0.25, -0.2) is 9.18 Å². The first kappa shape index (κ1) is 38.5. The van der Waals surface area contributed by atoms with Gasteiger partial charge in [0, 0.05) is 12.8 Å². The van der Waals surface area contributed by atoms with E-state index in [1.807, 2.05) is 0 Å². The molecular formula is C39H57F2NO5. The van der Waals surface area contributed by atoms with E-state index in [1.54, 1.807) is 0 Å². The SMILES string of the molecule is C=C(F)C(=O)CCCCc1cc(C2CCC(C3CCC(CCCCC)CC3)CC2)cc(CCCOC(=O)C(=C)F)c1OCCCN=O. The van der Waals surface area contributed by atoms with Crippen molar-refractivity contribution >= 4 is 11.8 Å². The van der Waals surface area contributed by atoms with E-state index in [4.69, 9.17) is 9.47 Å². The predicted octanol–water partition coefficient (Wildman–Crippen LogP) is 10.6. The van der Waals surface area contributed by atoms with Gasteiger partial charge in [0.1, 0.15) is 5.75 Å². The number of hydrogen-bond acceptors (Lipinski definition) is 6.